The van der Waals surface area contributed by atoms with Crippen LogP contribution in [0.4, 0.5) is 0 Å². The number of hydrogen-bond acceptors (Lipinski definition) is 8. The van der Waals surface area contributed by atoms with E-state index in [0.29, 0.717) is 0 Å². The third kappa shape index (κ3) is 23.5. The van der Waals surface area contributed by atoms with Gasteiger partial charge in [0.25, 0.3) is 0 Å². The third-order valence-electron chi connectivity index (χ3n) is 8.71. The van der Waals surface area contributed by atoms with Gasteiger partial charge < -0.3 is 0 Å². The van der Waals surface area contributed by atoms with E-state index >= 15 is 0 Å². The molecule has 8 rings (SSSR count). The van der Waals surface area contributed by atoms with E-state index in [-0.39, 0.29) is 0 Å². The summed E-state index contributed by atoms with van der Waals surface area (Å²) in [6, 6.07) is 34.0. The second-order valence-corrected chi connectivity index (χ2v) is 13.1. The minimum absolute atomic E-state index is 0.964. The van der Waals surface area contributed by atoms with Crippen molar-refractivity contribution in [3.63, 3.8) is 0 Å². The van der Waals surface area contributed by atoms with E-state index in [0.717, 1.165) is 69.7 Å². The van der Waals surface area contributed by atoms with Crippen molar-refractivity contribution in [2.75, 3.05) is 0 Å². The summed E-state index contributed by atoms with van der Waals surface area (Å²) in [6.45, 7) is 20.4. The van der Waals surface area contributed by atoms with Gasteiger partial charge in [0.15, 0.2) is 0 Å². The summed E-state index contributed by atoms with van der Waals surface area (Å²) in [6.07, 6.45) is 32.3. The number of aryl methyl sites for hydroxylation is 2. The van der Waals surface area contributed by atoms with Crippen LogP contribution in [0.5, 0.6) is 0 Å². The van der Waals surface area contributed by atoms with Gasteiger partial charge in [-0.1, -0.05) is 131 Å². The molecule has 0 saturated heterocycles. The normalized spacial score (nSPS) is 9.20. The molecule has 8 aromatic heterocycles. The van der Waals surface area contributed by atoms with E-state index in [1.807, 2.05) is 178 Å². The monoisotopic (exact) mass is 871 g/mol. The molecule has 0 amide bonds. The van der Waals surface area contributed by atoms with Crippen molar-refractivity contribution in [2.45, 2.75) is 114 Å². The zero-order valence-electron chi connectivity index (χ0n) is 40.8. The molecule has 8 heterocycles. The number of aromatic nitrogens is 8. The number of hydrogen-bond donors (Lipinski definition) is 0. The molecule has 0 aliphatic heterocycles. The molecule has 0 unspecified atom stereocenters. The Hall–Kier alpha value is -6.80. The number of rotatable bonds is 11. The first-order valence-electron chi connectivity index (χ1n) is 23.6. The second-order valence-electron chi connectivity index (χ2n) is 13.1. The van der Waals surface area contributed by atoms with Crippen molar-refractivity contribution in [1.29, 1.82) is 0 Å². The van der Waals surface area contributed by atoms with Gasteiger partial charge in [-0.05, 0) is 91.6 Å². The summed E-state index contributed by atoms with van der Waals surface area (Å²) >= 11 is 0. The predicted molar refractivity (Wildman–Crippen MR) is 277 cm³/mol. The zero-order chi connectivity index (χ0) is 47.6. The molecule has 0 aliphatic carbocycles. The highest BCUT2D eigenvalue weighted by Crippen LogP contribution is 2.19. The maximum atomic E-state index is 4.51. The fourth-order valence-electron chi connectivity index (χ4n) is 5.66. The molecule has 8 nitrogen and oxygen atoms in total. The first-order valence-corrected chi connectivity index (χ1v) is 23.6. The molecule has 8 heteroatoms. The molecule has 342 valence electrons. The highest BCUT2D eigenvalue weighted by molar-refractivity contribution is 5.62. The van der Waals surface area contributed by atoms with Crippen LogP contribution in [0.15, 0.2) is 184 Å². The minimum Gasteiger partial charge on any atom is -0.264 e. The van der Waals surface area contributed by atoms with Crippen molar-refractivity contribution in [3.05, 3.63) is 195 Å². The SMILES string of the molecule is CC.CC.CC.CC.CCCCCCc1ccc(-c2cccnc2)nc1.CCCc1ccc(-c2cccnc2)cn1.c1ccc(-c2cccnc2)nc1.c1cncc(-c2cccnc2)c1. The average molecular weight is 871 g/mol. The largest absolute Gasteiger partial charge is 0.264 e. The Morgan fingerprint density at radius 2 is 0.769 bits per heavy atom. The Kier molecular flexibility index (Phi) is 33.6. The zero-order valence-corrected chi connectivity index (χ0v) is 40.8. The summed E-state index contributed by atoms with van der Waals surface area (Å²) in [7, 11) is 0. The number of nitrogens with zero attached hydrogens (tertiary/aromatic N) is 8. The van der Waals surface area contributed by atoms with Crippen LogP contribution in [-0.2, 0) is 12.8 Å². The molecule has 0 fully saturated rings. The summed E-state index contributed by atoms with van der Waals surface area (Å²) in [5, 5.41) is 0. The van der Waals surface area contributed by atoms with Crippen LogP contribution in [0, 0.1) is 0 Å². The van der Waals surface area contributed by atoms with Gasteiger partial charge >= 0.3 is 0 Å². The molecular weight excluding hydrogens is 797 g/mol. The van der Waals surface area contributed by atoms with E-state index in [4.69, 9.17) is 0 Å². The van der Waals surface area contributed by atoms with Gasteiger partial charge in [-0.25, -0.2) is 0 Å². The lowest BCUT2D eigenvalue weighted by Crippen LogP contribution is -1.89. The van der Waals surface area contributed by atoms with Crippen molar-refractivity contribution in [2.24, 2.45) is 0 Å². The molecule has 8 aromatic rings. The molecule has 0 radical (unpaired) electrons. The fourth-order valence-corrected chi connectivity index (χ4v) is 5.66. The highest BCUT2D eigenvalue weighted by atomic mass is 14.7. The predicted octanol–water partition coefficient (Wildman–Crippen LogP) is 15.8. The summed E-state index contributed by atoms with van der Waals surface area (Å²) < 4.78 is 0. The first-order chi connectivity index (χ1) is 32.2. The minimum atomic E-state index is 0.964. The van der Waals surface area contributed by atoms with E-state index in [1.165, 1.54) is 31.2 Å². The van der Waals surface area contributed by atoms with Crippen LogP contribution in [-0.4, -0.2) is 39.9 Å². The van der Waals surface area contributed by atoms with Crippen molar-refractivity contribution in [1.82, 2.24) is 39.9 Å². The molecular formula is C57H74N8. The van der Waals surface area contributed by atoms with Gasteiger partial charge in [0.2, 0.25) is 0 Å². The second kappa shape index (κ2) is 38.8. The Labute approximate surface area is 392 Å². The summed E-state index contributed by atoms with van der Waals surface area (Å²) in [5.74, 6) is 0. The Balaban J connectivity index is 0.000000415. The quantitative estimate of drug-likeness (QED) is 0.118. The van der Waals surface area contributed by atoms with Gasteiger partial charge in [-0.15, -0.1) is 0 Å². The van der Waals surface area contributed by atoms with E-state index in [2.05, 4.69) is 78.0 Å². The lowest BCUT2D eigenvalue weighted by atomic mass is 10.1. The van der Waals surface area contributed by atoms with E-state index in [9.17, 15) is 0 Å². The Morgan fingerprint density at radius 3 is 1.12 bits per heavy atom. The van der Waals surface area contributed by atoms with Gasteiger partial charge in [0.05, 0.1) is 11.4 Å². The van der Waals surface area contributed by atoms with Crippen LogP contribution in [0.25, 0.3) is 44.8 Å². The maximum absolute atomic E-state index is 4.51. The molecule has 0 aliphatic rings. The molecule has 65 heavy (non-hydrogen) atoms. The van der Waals surface area contributed by atoms with Crippen LogP contribution in [0.1, 0.15) is 113 Å². The maximum Gasteiger partial charge on any atom is 0.0717 e. The Bertz CT molecular complexity index is 2040. The van der Waals surface area contributed by atoms with Crippen molar-refractivity contribution < 1.29 is 0 Å². The highest BCUT2D eigenvalue weighted by Gasteiger charge is 2.01. The molecule has 0 saturated carbocycles. The first kappa shape index (κ1) is 56.2. The lowest BCUT2D eigenvalue weighted by molar-refractivity contribution is 0.666. The number of unbranched alkanes of at least 4 members (excludes halogenated alkanes) is 3. The fraction of sp³-hybridized carbons (Fsp3) is 0.298. The molecule has 0 N–H and O–H groups in total. The van der Waals surface area contributed by atoms with Gasteiger partial charge in [-0.2, -0.15) is 0 Å². The average Bonchev–Trinajstić information content (AvgIpc) is 3.42. The topological polar surface area (TPSA) is 103 Å². The molecule has 0 spiro atoms. The molecule has 0 aromatic carbocycles. The molecule has 0 bridgehead atoms. The number of pyridine rings is 8. The standard InChI is InChI=1S/C16H20N2.C13H14N2.2C10H8N2.4C2H6/c1-2-3-4-5-7-14-9-10-16(18-12-14)15-8-6-11-17-13-15;1-2-4-13-7-6-12(10-15-13)11-5-3-8-14-9-11;1-3-9(7-11-5-1)10-4-2-6-12-8-10;1-2-7-12-10(5-1)9-4-3-6-11-8-9;4*1-2/h6,8-13H,2-5,7H2,1H3;3,5-10H,2,4H2,1H3;2*1-8H;4*1-2H3. The summed E-state index contributed by atoms with van der Waals surface area (Å²) in [5.41, 5.74) is 11.0. The Morgan fingerprint density at radius 1 is 0.308 bits per heavy atom. The smallest absolute Gasteiger partial charge is 0.0717 e. The van der Waals surface area contributed by atoms with E-state index < -0.39 is 0 Å². The van der Waals surface area contributed by atoms with E-state index in [1.54, 1.807) is 37.2 Å². The summed E-state index contributed by atoms with van der Waals surface area (Å²) in [4.78, 5) is 33.4. The third-order valence-corrected chi connectivity index (χ3v) is 8.71. The van der Waals surface area contributed by atoms with Gasteiger partial charge in [0.1, 0.15) is 0 Å². The van der Waals surface area contributed by atoms with Gasteiger partial charge in [0, 0.05) is 120 Å². The van der Waals surface area contributed by atoms with Crippen LogP contribution < -0.4 is 0 Å². The van der Waals surface area contributed by atoms with Crippen molar-refractivity contribution in [3.8, 4) is 44.8 Å². The van der Waals surface area contributed by atoms with Crippen LogP contribution >= 0.6 is 0 Å². The lowest BCUT2D eigenvalue weighted by Gasteiger charge is -2.03. The molecule has 0 atom stereocenters. The van der Waals surface area contributed by atoms with Crippen molar-refractivity contribution >= 4 is 0 Å². The van der Waals surface area contributed by atoms with Gasteiger partial charge in [-0.3, -0.25) is 39.9 Å². The van der Waals surface area contributed by atoms with Crippen LogP contribution in [0.2, 0.25) is 0 Å². The van der Waals surface area contributed by atoms with Crippen LogP contribution in [0.3, 0.4) is 0 Å².